The zero-order chi connectivity index (χ0) is 20.3. The summed E-state index contributed by atoms with van der Waals surface area (Å²) >= 11 is 0. The fourth-order valence-corrected chi connectivity index (χ4v) is 6.04. The average molecular weight is 387 g/mol. The summed E-state index contributed by atoms with van der Waals surface area (Å²) in [7, 11) is 0. The van der Waals surface area contributed by atoms with E-state index in [2.05, 4.69) is 25.7 Å². The zero-order valence-electron chi connectivity index (χ0n) is 18.4. The van der Waals surface area contributed by atoms with E-state index in [0.717, 1.165) is 61.3 Å². The quantitative estimate of drug-likeness (QED) is 0.523. The molecule has 0 bridgehead atoms. The van der Waals surface area contributed by atoms with Crippen LogP contribution in [0.5, 0.6) is 0 Å². The van der Waals surface area contributed by atoms with E-state index in [0.29, 0.717) is 0 Å². The number of hydrogen-bond donors (Lipinski definition) is 2. The van der Waals surface area contributed by atoms with Crippen molar-refractivity contribution in [2.45, 2.75) is 103 Å². The van der Waals surface area contributed by atoms with Gasteiger partial charge in [0.15, 0.2) is 0 Å². The Morgan fingerprint density at radius 2 is 1.93 bits per heavy atom. The maximum Gasteiger partial charge on any atom is 0.0784 e. The SMILES string of the molecule is C=C1CC/C(=C/C=C2\CCCC3C2CCC3[C@@H](C)CCCC(C)(C)O)C[C@H]1O. The van der Waals surface area contributed by atoms with E-state index in [1.165, 1.54) is 44.1 Å². The minimum atomic E-state index is -0.523. The average Bonchev–Trinajstić information content (AvgIpc) is 3.06. The number of aliphatic hydroxyl groups excluding tert-OH is 1. The molecule has 0 heterocycles. The maximum atomic E-state index is 10.1. The fraction of sp³-hybridized carbons (Fsp3) is 0.769. The van der Waals surface area contributed by atoms with Gasteiger partial charge in [-0.05, 0) is 101 Å². The van der Waals surface area contributed by atoms with Crippen LogP contribution in [0.15, 0.2) is 35.5 Å². The molecule has 0 radical (unpaired) electrons. The van der Waals surface area contributed by atoms with Crippen molar-refractivity contribution in [1.29, 1.82) is 0 Å². The van der Waals surface area contributed by atoms with E-state index in [9.17, 15) is 10.2 Å². The van der Waals surface area contributed by atoms with Gasteiger partial charge in [0, 0.05) is 0 Å². The Morgan fingerprint density at radius 3 is 2.64 bits per heavy atom. The van der Waals surface area contributed by atoms with Crippen molar-refractivity contribution in [3.05, 3.63) is 35.5 Å². The molecule has 158 valence electrons. The highest BCUT2D eigenvalue weighted by Crippen LogP contribution is 2.51. The van der Waals surface area contributed by atoms with Crippen LogP contribution in [0, 0.1) is 23.7 Å². The molecule has 0 aliphatic heterocycles. The molecule has 3 aliphatic carbocycles. The lowest BCUT2D eigenvalue weighted by Gasteiger charge is -2.34. The summed E-state index contributed by atoms with van der Waals surface area (Å²) in [5, 5.41) is 20.1. The third-order valence-corrected chi connectivity index (χ3v) is 7.76. The van der Waals surface area contributed by atoms with Crippen LogP contribution in [-0.2, 0) is 0 Å². The Labute approximate surface area is 172 Å². The monoisotopic (exact) mass is 386 g/mol. The molecule has 2 N–H and O–H groups in total. The third kappa shape index (κ3) is 5.60. The Morgan fingerprint density at radius 1 is 1.14 bits per heavy atom. The van der Waals surface area contributed by atoms with Crippen LogP contribution < -0.4 is 0 Å². The van der Waals surface area contributed by atoms with Crippen molar-refractivity contribution in [3.63, 3.8) is 0 Å². The molecule has 2 nitrogen and oxygen atoms in total. The lowest BCUT2D eigenvalue weighted by Crippen LogP contribution is -2.25. The molecular formula is C26H42O2. The summed E-state index contributed by atoms with van der Waals surface area (Å²) in [5.74, 6) is 3.29. The molecule has 3 aliphatic rings. The van der Waals surface area contributed by atoms with Crippen molar-refractivity contribution in [2.24, 2.45) is 23.7 Å². The molecule has 3 fully saturated rings. The lowest BCUT2D eigenvalue weighted by molar-refractivity contribution is 0.0652. The molecule has 28 heavy (non-hydrogen) atoms. The maximum absolute atomic E-state index is 10.1. The summed E-state index contributed by atoms with van der Waals surface area (Å²) in [6.45, 7) is 10.3. The van der Waals surface area contributed by atoms with Crippen LogP contribution in [0.25, 0.3) is 0 Å². The van der Waals surface area contributed by atoms with E-state index < -0.39 is 5.60 Å². The molecule has 0 spiro atoms. The van der Waals surface area contributed by atoms with Crippen LogP contribution in [-0.4, -0.2) is 21.9 Å². The third-order valence-electron chi connectivity index (χ3n) is 7.76. The van der Waals surface area contributed by atoms with Crippen LogP contribution in [0.1, 0.15) is 91.4 Å². The first-order valence-corrected chi connectivity index (χ1v) is 11.7. The second kappa shape index (κ2) is 9.30. The smallest absolute Gasteiger partial charge is 0.0784 e. The van der Waals surface area contributed by atoms with Gasteiger partial charge in [0.05, 0.1) is 11.7 Å². The van der Waals surface area contributed by atoms with Crippen LogP contribution in [0.4, 0.5) is 0 Å². The second-order valence-corrected chi connectivity index (χ2v) is 10.5. The van der Waals surface area contributed by atoms with Crippen molar-refractivity contribution < 1.29 is 10.2 Å². The number of allylic oxidation sites excluding steroid dienone is 3. The minimum absolute atomic E-state index is 0.335. The van der Waals surface area contributed by atoms with Crippen molar-refractivity contribution >= 4 is 0 Å². The zero-order valence-corrected chi connectivity index (χ0v) is 18.4. The van der Waals surface area contributed by atoms with Gasteiger partial charge in [0.2, 0.25) is 0 Å². The normalized spacial score (nSPS) is 35.4. The first-order valence-electron chi connectivity index (χ1n) is 11.7. The second-order valence-electron chi connectivity index (χ2n) is 10.5. The highest BCUT2D eigenvalue weighted by atomic mass is 16.3. The van der Waals surface area contributed by atoms with E-state index in [4.69, 9.17) is 0 Å². The van der Waals surface area contributed by atoms with Crippen molar-refractivity contribution in [1.82, 2.24) is 0 Å². The van der Waals surface area contributed by atoms with Gasteiger partial charge >= 0.3 is 0 Å². The van der Waals surface area contributed by atoms with Gasteiger partial charge in [0.25, 0.3) is 0 Å². The number of aliphatic hydroxyl groups is 2. The van der Waals surface area contributed by atoms with E-state index >= 15 is 0 Å². The van der Waals surface area contributed by atoms with Gasteiger partial charge in [-0.3, -0.25) is 0 Å². The first-order chi connectivity index (χ1) is 13.2. The van der Waals surface area contributed by atoms with Gasteiger partial charge in [-0.2, -0.15) is 0 Å². The predicted octanol–water partition coefficient (Wildman–Crippen LogP) is 6.34. The van der Waals surface area contributed by atoms with Crippen LogP contribution in [0.3, 0.4) is 0 Å². The Bertz CT molecular complexity index is 606. The molecule has 5 atom stereocenters. The molecule has 0 aromatic heterocycles. The summed E-state index contributed by atoms with van der Waals surface area (Å²) in [5.41, 5.74) is 3.54. The summed E-state index contributed by atoms with van der Waals surface area (Å²) < 4.78 is 0. The van der Waals surface area contributed by atoms with Crippen molar-refractivity contribution in [3.8, 4) is 0 Å². The molecule has 0 saturated heterocycles. The van der Waals surface area contributed by atoms with E-state index in [-0.39, 0.29) is 6.10 Å². The van der Waals surface area contributed by atoms with E-state index in [1.54, 1.807) is 5.57 Å². The van der Waals surface area contributed by atoms with Crippen LogP contribution in [0.2, 0.25) is 0 Å². The van der Waals surface area contributed by atoms with Crippen LogP contribution >= 0.6 is 0 Å². The molecule has 3 unspecified atom stereocenters. The molecule has 0 amide bonds. The van der Waals surface area contributed by atoms with Gasteiger partial charge < -0.3 is 10.2 Å². The highest BCUT2D eigenvalue weighted by molar-refractivity contribution is 5.26. The fourth-order valence-electron chi connectivity index (χ4n) is 6.04. The molecule has 0 aromatic rings. The molecule has 0 aromatic carbocycles. The topological polar surface area (TPSA) is 40.5 Å². The van der Waals surface area contributed by atoms with Gasteiger partial charge in [-0.15, -0.1) is 0 Å². The first kappa shape index (κ1) is 21.8. The minimum Gasteiger partial charge on any atom is -0.390 e. The number of rotatable bonds is 6. The summed E-state index contributed by atoms with van der Waals surface area (Å²) in [6.07, 6.45) is 17.2. The Balaban J connectivity index is 1.59. The lowest BCUT2D eigenvalue weighted by atomic mass is 9.71. The standard InChI is InChI=1S/C26H42O2/c1-18(7-6-16-26(3,4)28)22-14-15-23-21(8-5-9-24(22)23)13-12-20-11-10-19(2)25(27)17-20/h12-13,18,22-25,27-28H,2,5-11,14-17H2,1,3-4H3/b20-12-,21-13+/t18-,22?,23?,24?,25+/m0/s1. The highest BCUT2D eigenvalue weighted by Gasteiger charge is 2.41. The molecular weight excluding hydrogens is 344 g/mol. The predicted molar refractivity (Wildman–Crippen MR) is 118 cm³/mol. The molecule has 3 rings (SSSR count). The van der Waals surface area contributed by atoms with Gasteiger partial charge in [0.1, 0.15) is 0 Å². The largest absolute Gasteiger partial charge is 0.390 e. The Hall–Kier alpha value is -0.860. The molecule has 3 saturated carbocycles. The van der Waals surface area contributed by atoms with Gasteiger partial charge in [-0.25, -0.2) is 0 Å². The van der Waals surface area contributed by atoms with Crippen molar-refractivity contribution in [2.75, 3.05) is 0 Å². The van der Waals surface area contributed by atoms with Gasteiger partial charge in [-0.1, -0.05) is 49.6 Å². The Kier molecular flexibility index (Phi) is 7.26. The number of hydrogen-bond acceptors (Lipinski definition) is 2. The summed E-state index contributed by atoms with van der Waals surface area (Å²) in [6, 6.07) is 0. The number of fused-ring (bicyclic) bond motifs is 1. The summed E-state index contributed by atoms with van der Waals surface area (Å²) in [4.78, 5) is 0. The molecule has 2 heteroatoms. The van der Waals surface area contributed by atoms with E-state index in [1.807, 2.05) is 13.8 Å².